The number of aryl methyl sites for hydroxylation is 4. The molecule has 0 saturated heterocycles. The van der Waals surface area contributed by atoms with Crippen molar-refractivity contribution in [2.75, 3.05) is 0 Å². The summed E-state index contributed by atoms with van der Waals surface area (Å²) in [4.78, 5) is 2.94. The molecule has 0 nitrogen and oxygen atoms in total. The highest BCUT2D eigenvalue weighted by molar-refractivity contribution is 8.76. The van der Waals surface area contributed by atoms with Crippen molar-refractivity contribution in [3.63, 3.8) is 0 Å². The first-order valence-corrected chi connectivity index (χ1v) is 12.4. The summed E-state index contributed by atoms with van der Waals surface area (Å²) in [7, 11) is 3.94. The Bertz CT molecular complexity index is 668. The smallest absolute Gasteiger partial charge is 0.0223 e. The molecular formula is C24H34S2. The molecule has 0 bridgehead atoms. The highest BCUT2D eigenvalue weighted by atomic mass is 33.1. The van der Waals surface area contributed by atoms with Gasteiger partial charge in [-0.25, -0.2) is 0 Å². The lowest BCUT2D eigenvalue weighted by Crippen LogP contribution is -1.98. The van der Waals surface area contributed by atoms with Crippen LogP contribution in [0.2, 0.25) is 0 Å². The molecule has 0 atom stereocenters. The molecule has 0 fully saturated rings. The fourth-order valence-corrected chi connectivity index (χ4v) is 6.37. The molecule has 2 aromatic carbocycles. The Morgan fingerprint density at radius 2 is 0.885 bits per heavy atom. The molecule has 0 N–H and O–H groups in total. The van der Waals surface area contributed by atoms with Gasteiger partial charge in [0.25, 0.3) is 0 Å². The molecule has 142 valence electrons. The summed E-state index contributed by atoms with van der Waals surface area (Å²) in [6.07, 6.45) is 6.71. The van der Waals surface area contributed by atoms with Gasteiger partial charge in [-0.05, 0) is 84.0 Å². The molecule has 0 unspecified atom stereocenters. The van der Waals surface area contributed by atoms with Crippen LogP contribution in [-0.2, 0) is 38.5 Å². The van der Waals surface area contributed by atoms with Crippen LogP contribution in [0.3, 0.4) is 0 Å². The van der Waals surface area contributed by atoms with Crippen molar-refractivity contribution < 1.29 is 0 Å². The van der Waals surface area contributed by atoms with Crippen LogP contribution in [0.25, 0.3) is 0 Å². The molecule has 0 heterocycles. The van der Waals surface area contributed by atoms with Crippen molar-refractivity contribution in [1.82, 2.24) is 0 Å². The van der Waals surface area contributed by atoms with E-state index in [2.05, 4.69) is 65.8 Å². The Kier molecular flexibility index (Phi) is 8.63. The first kappa shape index (κ1) is 21.4. The van der Waals surface area contributed by atoms with Crippen LogP contribution >= 0.6 is 21.6 Å². The van der Waals surface area contributed by atoms with E-state index in [1.54, 1.807) is 11.1 Å². The van der Waals surface area contributed by atoms with E-state index in [0.29, 0.717) is 0 Å². The maximum atomic E-state index is 2.42. The van der Waals surface area contributed by atoms with Crippen LogP contribution in [0.15, 0.2) is 34.1 Å². The zero-order valence-corrected chi connectivity index (χ0v) is 19.0. The predicted octanol–water partition coefficient (Wildman–Crippen LogP) is 7.86. The van der Waals surface area contributed by atoms with Crippen molar-refractivity contribution in [3.05, 3.63) is 57.6 Å². The quantitative estimate of drug-likeness (QED) is 0.402. The second kappa shape index (κ2) is 10.5. The van der Waals surface area contributed by atoms with Crippen molar-refractivity contribution in [2.45, 2.75) is 89.9 Å². The normalized spacial score (nSPS) is 11.2. The van der Waals surface area contributed by atoms with Gasteiger partial charge >= 0.3 is 0 Å². The Morgan fingerprint density at radius 3 is 1.15 bits per heavy atom. The second-order valence-electron chi connectivity index (χ2n) is 6.75. The van der Waals surface area contributed by atoms with Crippen LogP contribution in [0.5, 0.6) is 0 Å². The van der Waals surface area contributed by atoms with Gasteiger partial charge in [0.1, 0.15) is 0 Å². The monoisotopic (exact) mass is 386 g/mol. The van der Waals surface area contributed by atoms with Gasteiger partial charge in [-0.2, -0.15) is 0 Å². The maximum absolute atomic E-state index is 2.42. The molecule has 2 rings (SSSR count). The van der Waals surface area contributed by atoms with E-state index in [0.717, 1.165) is 38.5 Å². The third-order valence-corrected chi connectivity index (χ3v) is 7.73. The minimum Gasteiger partial charge on any atom is -0.0613 e. The van der Waals surface area contributed by atoms with Crippen LogP contribution in [0.1, 0.15) is 74.9 Å². The maximum Gasteiger partial charge on any atom is 0.0223 e. The molecule has 0 aromatic heterocycles. The lowest BCUT2D eigenvalue weighted by molar-refractivity contribution is 0.974. The van der Waals surface area contributed by atoms with E-state index in [1.807, 2.05) is 21.6 Å². The van der Waals surface area contributed by atoms with E-state index < -0.39 is 0 Å². The van der Waals surface area contributed by atoms with E-state index in [-0.39, 0.29) is 0 Å². The molecule has 0 aliphatic carbocycles. The SMILES string of the molecule is CCc1cc(CC)c(CC)c(SSc2cc(CC)cc(CC)c2CC)c1. The summed E-state index contributed by atoms with van der Waals surface area (Å²) in [5.74, 6) is 0. The predicted molar refractivity (Wildman–Crippen MR) is 121 cm³/mol. The largest absolute Gasteiger partial charge is 0.0613 e. The summed E-state index contributed by atoms with van der Waals surface area (Å²) in [6.45, 7) is 13.7. The zero-order chi connectivity index (χ0) is 19.1. The Hall–Kier alpha value is -0.860. The average Bonchev–Trinajstić information content (AvgIpc) is 2.70. The molecule has 2 heteroatoms. The minimum absolute atomic E-state index is 1.11. The molecule has 2 aromatic rings. The van der Waals surface area contributed by atoms with Crippen LogP contribution in [-0.4, -0.2) is 0 Å². The van der Waals surface area contributed by atoms with E-state index >= 15 is 0 Å². The van der Waals surface area contributed by atoms with Gasteiger partial charge in [0.15, 0.2) is 0 Å². The van der Waals surface area contributed by atoms with E-state index in [9.17, 15) is 0 Å². The minimum atomic E-state index is 1.11. The van der Waals surface area contributed by atoms with Gasteiger partial charge in [0.05, 0.1) is 0 Å². The zero-order valence-electron chi connectivity index (χ0n) is 17.4. The molecular weight excluding hydrogens is 352 g/mol. The number of benzene rings is 2. The van der Waals surface area contributed by atoms with Crippen molar-refractivity contribution in [1.29, 1.82) is 0 Å². The third kappa shape index (κ3) is 4.89. The second-order valence-corrected chi connectivity index (χ2v) is 8.96. The summed E-state index contributed by atoms with van der Waals surface area (Å²) >= 11 is 0. The summed E-state index contributed by atoms with van der Waals surface area (Å²) in [5.41, 5.74) is 9.08. The molecule has 0 aliphatic rings. The summed E-state index contributed by atoms with van der Waals surface area (Å²) < 4.78 is 0. The van der Waals surface area contributed by atoms with Gasteiger partial charge in [-0.3, -0.25) is 0 Å². The van der Waals surface area contributed by atoms with Gasteiger partial charge < -0.3 is 0 Å². The highest BCUT2D eigenvalue weighted by Gasteiger charge is 2.13. The van der Waals surface area contributed by atoms with Gasteiger partial charge in [-0.15, -0.1) is 0 Å². The van der Waals surface area contributed by atoms with Gasteiger partial charge in [0.2, 0.25) is 0 Å². The fourth-order valence-electron chi connectivity index (χ4n) is 3.61. The lowest BCUT2D eigenvalue weighted by atomic mass is 9.99. The van der Waals surface area contributed by atoms with Crippen molar-refractivity contribution in [2.24, 2.45) is 0 Å². The number of hydrogen-bond donors (Lipinski definition) is 0. The summed E-state index contributed by atoms with van der Waals surface area (Å²) in [6, 6.07) is 9.67. The van der Waals surface area contributed by atoms with Crippen LogP contribution in [0.4, 0.5) is 0 Å². The van der Waals surface area contributed by atoms with Crippen LogP contribution < -0.4 is 0 Å². The first-order valence-electron chi connectivity index (χ1n) is 10.2. The molecule has 0 radical (unpaired) electrons. The van der Waals surface area contributed by atoms with E-state index in [4.69, 9.17) is 0 Å². The van der Waals surface area contributed by atoms with Crippen molar-refractivity contribution in [3.8, 4) is 0 Å². The summed E-state index contributed by atoms with van der Waals surface area (Å²) in [5, 5.41) is 0. The number of hydrogen-bond acceptors (Lipinski definition) is 2. The van der Waals surface area contributed by atoms with Gasteiger partial charge in [0, 0.05) is 9.79 Å². The molecule has 0 saturated carbocycles. The third-order valence-electron chi connectivity index (χ3n) is 5.23. The Balaban J connectivity index is 2.39. The Morgan fingerprint density at radius 1 is 0.500 bits per heavy atom. The van der Waals surface area contributed by atoms with Crippen molar-refractivity contribution >= 4 is 21.6 Å². The first-order chi connectivity index (χ1) is 12.6. The topological polar surface area (TPSA) is 0 Å². The van der Waals surface area contributed by atoms with Crippen LogP contribution in [0, 0.1) is 0 Å². The molecule has 26 heavy (non-hydrogen) atoms. The van der Waals surface area contributed by atoms with Gasteiger partial charge in [-0.1, -0.05) is 75.3 Å². The molecule has 0 spiro atoms. The highest BCUT2D eigenvalue weighted by Crippen LogP contribution is 2.43. The fraction of sp³-hybridized carbons (Fsp3) is 0.500. The number of rotatable bonds is 9. The molecule has 0 aliphatic heterocycles. The standard InChI is InChI=1S/C24H34S2/c1-7-17-13-19(9-3)21(11-5)23(15-17)25-26-24-16-18(8-2)14-20(10-4)22(24)12-6/h13-16H,7-12H2,1-6H3. The lowest BCUT2D eigenvalue weighted by Gasteiger charge is -2.17. The Labute approximate surface area is 169 Å². The van der Waals surface area contributed by atoms with E-state index in [1.165, 1.54) is 32.0 Å². The average molecular weight is 387 g/mol. The molecule has 0 amide bonds.